The molecule has 0 atom stereocenters. The van der Waals surface area contributed by atoms with Crippen LogP contribution in [0, 0.1) is 5.41 Å². The first-order valence-electron chi connectivity index (χ1n) is 8.26. The van der Waals surface area contributed by atoms with E-state index in [4.69, 9.17) is 23.2 Å². The molecule has 0 heterocycles. The molecule has 1 aromatic carbocycles. The fraction of sp³-hybridized carbons (Fsp3) is 0.667. The lowest BCUT2D eigenvalue weighted by Crippen LogP contribution is -2.54. The highest BCUT2D eigenvalue weighted by molar-refractivity contribution is 6.36. The van der Waals surface area contributed by atoms with Crippen LogP contribution in [-0.4, -0.2) is 13.1 Å². The van der Waals surface area contributed by atoms with Gasteiger partial charge in [-0.15, -0.1) is 0 Å². The molecule has 1 nitrogen and oxygen atoms in total. The number of rotatable bonds is 5. The van der Waals surface area contributed by atoms with Crippen LogP contribution in [-0.2, 0) is 5.41 Å². The molecular weight excluding hydrogens is 301 g/mol. The van der Waals surface area contributed by atoms with Crippen molar-refractivity contribution >= 4 is 23.2 Å². The number of hydrogen-bond acceptors (Lipinski definition) is 1. The molecular formula is C18H25Cl2N. The van der Waals surface area contributed by atoms with E-state index in [0.717, 1.165) is 29.6 Å². The minimum absolute atomic E-state index is 0.148. The molecule has 1 aromatic rings. The van der Waals surface area contributed by atoms with E-state index in [-0.39, 0.29) is 5.41 Å². The number of hydrogen-bond donors (Lipinski definition) is 1. The summed E-state index contributed by atoms with van der Waals surface area (Å²) in [5.74, 6) is 0. The molecule has 2 fully saturated rings. The molecule has 0 bridgehead atoms. The Morgan fingerprint density at radius 2 is 1.71 bits per heavy atom. The van der Waals surface area contributed by atoms with Crippen molar-refractivity contribution < 1.29 is 0 Å². The zero-order valence-electron chi connectivity index (χ0n) is 12.9. The highest BCUT2D eigenvalue weighted by Gasteiger charge is 2.56. The molecule has 0 amide bonds. The van der Waals surface area contributed by atoms with E-state index >= 15 is 0 Å². The van der Waals surface area contributed by atoms with E-state index in [9.17, 15) is 0 Å². The molecule has 3 rings (SSSR count). The Kier molecular flexibility index (Phi) is 4.55. The van der Waals surface area contributed by atoms with Crippen LogP contribution in [0.2, 0.25) is 10.0 Å². The van der Waals surface area contributed by atoms with Gasteiger partial charge in [-0.25, -0.2) is 0 Å². The van der Waals surface area contributed by atoms with Gasteiger partial charge in [0, 0.05) is 22.0 Å². The van der Waals surface area contributed by atoms with Gasteiger partial charge >= 0.3 is 0 Å². The Balaban J connectivity index is 1.87. The van der Waals surface area contributed by atoms with Gasteiger partial charge in [0.25, 0.3) is 0 Å². The summed E-state index contributed by atoms with van der Waals surface area (Å²) < 4.78 is 0. The molecule has 0 unspecified atom stereocenters. The van der Waals surface area contributed by atoms with Gasteiger partial charge in [-0.3, -0.25) is 0 Å². The van der Waals surface area contributed by atoms with Crippen molar-refractivity contribution in [3.8, 4) is 0 Å². The Hall–Kier alpha value is -0.240. The molecule has 116 valence electrons. The van der Waals surface area contributed by atoms with Crippen LogP contribution in [0.1, 0.15) is 57.4 Å². The molecule has 3 heteroatoms. The Morgan fingerprint density at radius 1 is 1.10 bits per heavy atom. The predicted octanol–water partition coefficient (Wildman–Crippen LogP) is 5.59. The molecule has 2 aliphatic carbocycles. The zero-order valence-corrected chi connectivity index (χ0v) is 14.4. The molecule has 0 aromatic heterocycles. The summed E-state index contributed by atoms with van der Waals surface area (Å²) >= 11 is 13.0. The normalized spacial score (nSPS) is 22.4. The first kappa shape index (κ1) is 15.6. The van der Waals surface area contributed by atoms with Crippen LogP contribution in [0.15, 0.2) is 18.2 Å². The van der Waals surface area contributed by atoms with E-state index in [1.165, 1.54) is 44.1 Å². The highest BCUT2D eigenvalue weighted by atomic mass is 35.5. The third-order valence-corrected chi connectivity index (χ3v) is 6.10. The summed E-state index contributed by atoms with van der Waals surface area (Å²) in [4.78, 5) is 0. The third kappa shape index (κ3) is 2.85. The summed E-state index contributed by atoms with van der Waals surface area (Å²) in [5.41, 5.74) is 1.92. The average molecular weight is 326 g/mol. The van der Waals surface area contributed by atoms with Crippen molar-refractivity contribution in [2.24, 2.45) is 5.41 Å². The minimum atomic E-state index is 0.148. The fourth-order valence-corrected chi connectivity index (χ4v) is 5.56. The summed E-state index contributed by atoms with van der Waals surface area (Å²) in [7, 11) is 0. The van der Waals surface area contributed by atoms with Crippen LogP contribution in [0.5, 0.6) is 0 Å². The van der Waals surface area contributed by atoms with Crippen molar-refractivity contribution in [1.29, 1.82) is 0 Å². The van der Waals surface area contributed by atoms with Crippen molar-refractivity contribution in [2.45, 2.75) is 57.3 Å². The molecule has 21 heavy (non-hydrogen) atoms. The first-order valence-corrected chi connectivity index (χ1v) is 9.02. The van der Waals surface area contributed by atoms with Gasteiger partial charge in [-0.1, -0.05) is 49.0 Å². The van der Waals surface area contributed by atoms with E-state index in [1.54, 1.807) is 0 Å². The Morgan fingerprint density at radius 3 is 2.29 bits per heavy atom. The quantitative estimate of drug-likeness (QED) is 0.696. The van der Waals surface area contributed by atoms with Gasteiger partial charge in [0.2, 0.25) is 0 Å². The van der Waals surface area contributed by atoms with Gasteiger partial charge in [0.05, 0.1) is 0 Å². The van der Waals surface area contributed by atoms with Crippen LogP contribution < -0.4 is 5.32 Å². The lowest BCUT2D eigenvalue weighted by molar-refractivity contribution is 0.0272. The molecule has 2 aliphatic rings. The van der Waals surface area contributed by atoms with E-state index in [1.807, 2.05) is 18.2 Å². The fourth-order valence-electron chi connectivity index (χ4n) is 4.76. The SMILES string of the molecule is CCCNCC1(c2c(Cl)cccc2Cl)CC2(CCCC2)C1. The van der Waals surface area contributed by atoms with Gasteiger partial charge in [0.15, 0.2) is 0 Å². The largest absolute Gasteiger partial charge is 0.316 e. The van der Waals surface area contributed by atoms with Gasteiger partial charge in [-0.2, -0.15) is 0 Å². The van der Waals surface area contributed by atoms with E-state index < -0.39 is 0 Å². The monoisotopic (exact) mass is 325 g/mol. The van der Waals surface area contributed by atoms with Crippen LogP contribution in [0.3, 0.4) is 0 Å². The van der Waals surface area contributed by atoms with Crippen LogP contribution in [0.25, 0.3) is 0 Å². The van der Waals surface area contributed by atoms with E-state index in [2.05, 4.69) is 12.2 Å². The van der Waals surface area contributed by atoms with E-state index in [0.29, 0.717) is 5.41 Å². The smallest absolute Gasteiger partial charge is 0.0459 e. The lowest BCUT2D eigenvalue weighted by atomic mass is 9.49. The second kappa shape index (κ2) is 6.10. The molecule has 1 spiro atoms. The van der Waals surface area contributed by atoms with Crippen molar-refractivity contribution in [1.82, 2.24) is 5.32 Å². The molecule has 0 saturated heterocycles. The second-order valence-electron chi connectivity index (χ2n) is 7.11. The van der Waals surface area contributed by atoms with Gasteiger partial charge in [0.1, 0.15) is 0 Å². The number of benzene rings is 1. The third-order valence-electron chi connectivity index (χ3n) is 5.47. The van der Waals surface area contributed by atoms with Gasteiger partial charge < -0.3 is 5.32 Å². The topological polar surface area (TPSA) is 12.0 Å². The highest BCUT2D eigenvalue weighted by Crippen LogP contribution is 2.64. The predicted molar refractivity (Wildman–Crippen MR) is 91.4 cm³/mol. The maximum Gasteiger partial charge on any atom is 0.0459 e. The van der Waals surface area contributed by atoms with Crippen molar-refractivity contribution in [2.75, 3.05) is 13.1 Å². The Bertz CT molecular complexity index is 478. The molecule has 1 N–H and O–H groups in total. The van der Waals surface area contributed by atoms with Crippen molar-refractivity contribution in [3.05, 3.63) is 33.8 Å². The maximum atomic E-state index is 6.52. The maximum absolute atomic E-state index is 6.52. The average Bonchev–Trinajstić information content (AvgIpc) is 2.87. The minimum Gasteiger partial charge on any atom is -0.316 e. The summed E-state index contributed by atoms with van der Waals surface area (Å²) in [6.07, 6.45) is 9.25. The molecule has 0 radical (unpaired) electrons. The van der Waals surface area contributed by atoms with Crippen LogP contribution >= 0.6 is 23.2 Å². The number of halogens is 2. The van der Waals surface area contributed by atoms with Gasteiger partial charge in [-0.05, 0) is 61.8 Å². The number of nitrogens with one attached hydrogen (secondary N) is 1. The lowest BCUT2D eigenvalue weighted by Gasteiger charge is -2.56. The summed E-state index contributed by atoms with van der Waals surface area (Å²) in [6.45, 7) is 4.28. The second-order valence-corrected chi connectivity index (χ2v) is 7.93. The molecule has 0 aliphatic heterocycles. The standard InChI is InChI=1S/C18H25Cl2N/c1-2-10-21-13-18(11-17(12-18)8-3-4-9-17)16-14(19)6-5-7-15(16)20/h5-7,21H,2-4,8-13H2,1H3. The summed E-state index contributed by atoms with van der Waals surface area (Å²) in [5, 5.41) is 5.30. The first-order chi connectivity index (χ1) is 10.1. The molecule has 2 saturated carbocycles. The zero-order chi connectivity index (χ0) is 14.9. The summed E-state index contributed by atoms with van der Waals surface area (Å²) in [6, 6.07) is 5.93. The van der Waals surface area contributed by atoms with Crippen LogP contribution in [0.4, 0.5) is 0 Å². The van der Waals surface area contributed by atoms with Crippen molar-refractivity contribution in [3.63, 3.8) is 0 Å². The Labute approximate surface area is 138 Å².